The molecular formula is C11H18ClN3O. The minimum atomic E-state index is 0.683. The second-order valence-electron chi connectivity index (χ2n) is 4.26. The molecule has 0 aromatic carbocycles. The van der Waals surface area contributed by atoms with Crippen molar-refractivity contribution in [1.82, 2.24) is 15.1 Å². The van der Waals surface area contributed by atoms with Crippen molar-refractivity contribution in [3.05, 3.63) is 16.9 Å². The molecule has 1 aliphatic rings. The largest absolute Gasteiger partial charge is 0.381 e. The molecule has 0 saturated carbocycles. The van der Waals surface area contributed by atoms with Gasteiger partial charge in [-0.1, -0.05) is 11.6 Å². The summed E-state index contributed by atoms with van der Waals surface area (Å²) in [6.07, 6.45) is 3.05. The highest BCUT2D eigenvalue weighted by Crippen LogP contribution is 2.12. The Bertz CT molecular complexity index is 314. The minimum Gasteiger partial charge on any atom is -0.381 e. The molecule has 90 valence electrons. The van der Waals surface area contributed by atoms with Gasteiger partial charge in [0, 0.05) is 25.9 Å². The zero-order valence-electron chi connectivity index (χ0n) is 9.58. The molecule has 1 aromatic rings. The lowest BCUT2D eigenvalue weighted by molar-refractivity contribution is 0.185. The second kappa shape index (κ2) is 5.66. The molecule has 1 aliphatic heterocycles. The van der Waals surface area contributed by atoms with E-state index in [2.05, 4.69) is 10.4 Å². The molecule has 2 rings (SSSR count). The van der Waals surface area contributed by atoms with Crippen molar-refractivity contribution in [2.45, 2.75) is 19.9 Å². The molecule has 1 fully saturated rings. The molecule has 2 heterocycles. The molecule has 0 aliphatic carbocycles. The number of ether oxygens (including phenoxy) is 1. The van der Waals surface area contributed by atoms with E-state index in [1.807, 2.05) is 17.8 Å². The SMILES string of the molecule is Cc1nn(CCNCC2CCOC2)cc1Cl. The Morgan fingerprint density at radius 3 is 3.19 bits per heavy atom. The number of halogens is 1. The Morgan fingerprint density at radius 1 is 1.69 bits per heavy atom. The van der Waals surface area contributed by atoms with Gasteiger partial charge in [0.25, 0.3) is 0 Å². The first-order chi connectivity index (χ1) is 7.75. The van der Waals surface area contributed by atoms with E-state index in [4.69, 9.17) is 16.3 Å². The van der Waals surface area contributed by atoms with Crippen LogP contribution >= 0.6 is 11.6 Å². The molecule has 1 N–H and O–H groups in total. The first kappa shape index (κ1) is 11.9. The standard InChI is InChI=1S/C11H18ClN3O/c1-9-11(12)7-15(14-9)4-3-13-6-10-2-5-16-8-10/h7,10,13H,2-6,8H2,1H3. The van der Waals surface area contributed by atoms with E-state index in [9.17, 15) is 0 Å². The minimum absolute atomic E-state index is 0.683. The van der Waals surface area contributed by atoms with Crippen LogP contribution in [0.2, 0.25) is 5.02 Å². The molecule has 4 nitrogen and oxygen atoms in total. The van der Waals surface area contributed by atoms with E-state index < -0.39 is 0 Å². The van der Waals surface area contributed by atoms with Crippen LogP contribution in [0.3, 0.4) is 0 Å². The molecule has 5 heteroatoms. The van der Waals surface area contributed by atoms with E-state index >= 15 is 0 Å². The van der Waals surface area contributed by atoms with E-state index in [1.165, 1.54) is 6.42 Å². The van der Waals surface area contributed by atoms with Crippen molar-refractivity contribution >= 4 is 11.6 Å². The zero-order valence-corrected chi connectivity index (χ0v) is 10.3. The van der Waals surface area contributed by atoms with Crippen LogP contribution in [0.25, 0.3) is 0 Å². The van der Waals surface area contributed by atoms with Gasteiger partial charge in [-0.2, -0.15) is 5.10 Å². The van der Waals surface area contributed by atoms with Crippen molar-refractivity contribution in [1.29, 1.82) is 0 Å². The van der Waals surface area contributed by atoms with Gasteiger partial charge in [-0.3, -0.25) is 4.68 Å². The van der Waals surface area contributed by atoms with Crippen LogP contribution < -0.4 is 5.32 Å². The summed E-state index contributed by atoms with van der Waals surface area (Å²) in [7, 11) is 0. The summed E-state index contributed by atoms with van der Waals surface area (Å²) in [5.74, 6) is 0.683. The number of rotatable bonds is 5. The maximum absolute atomic E-state index is 5.93. The summed E-state index contributed by atoms with van der Waals surface area (Å²) in [4.78, 5) is 0. The quantitative estimate of drug-likeness (QED) is 0.797. The first-order valence-electron chi connectivity index (χ1n) is 5.73. The van der Waals surface area contributed by atoms with Crippen molar-refractivity contribution < 1.29 is 4.74 Å². The van der Waals surface area contributed by atoms with Crippen LogP contribution in [-0.4, -0.2) is 36.1 Å². The molecule has 0 amide bonds. The van der Waals surface area contributed by atoms with E-state index in [-0.39, 0.29) is 0 Å². The fraction of sp³-hybridized carbons (Fsp3) is 0.727. The molecule has 1 atom stereocenters. The predicted molar refractivity (Wildman–Crippen MR) is 63.8 cm³/mol. The van der Waals surface area contributed by atoms with Gasteiger partial charge in [-0.25, -0.2) is 0 Å². The normalized spacial score (nSPS) is 20.5. The number of aryl methyl sites for hydroxylation is 1. The van der Waals surface area contributed by atoms with Crippen molar-refractivity contribution in [2.24, 2.45) is 5.92 Å². The smallest absolute Gasteiger partial charge is 0.0814 e. The maximum Gasteiger partial charge on any atom is 0.0814 e. The molecule has 0 spiro atoms. The predicted octanol–water partition coefficient (Wildman–Crippen LogP) is 1.47. The molecule has 1 unspecified atom stereocenters. The molecule has 0 bridgehead atoms. The van der Waals surface area contributed by atoms with Gasteiger partial charge in [0.1, 0.15) is 0 Å². The summed E-state index contributed by atoms with van der Waals surface area (Å²) >= 11 is 5.93. The maximum atomic E-state index is 5.93. The first-order valence-corrected chi connectivity index (χ1v) is 6.11. The third kappa shape index (κ3) is 3.20. The van der Waals surface area contributed by atoms with Crippen LogP contribution in [0.1, 0.15) is 12.1 Å². The Labute approximate surface area is 101 Å². The van der Waals surface area contributed by atoms with Crippen LogP contribution in [0.15, 0.2) is 6.20 Å². The van der Waals surface area contributed by atoms with Gasteiger partial charge < -0.3 is 10.1 Å². The fourth-order valence-corrected chi connectivity index (χ4v) is 2.00. The Morgan fingerprint density at radius 2 is 2.56 bits per heavy atom. The summed E-state index contributed by atoms with van der Waals surface area (Å²) in [5, 5.41) is 8.46. The average Bonchev–Trinajstić information content (AvgIpc) is 2.85. The lowest BCUT2D eigenvalue weighted by atomic mass is 10.1. The van der Waals surface area contributed by atoms with Crippen LogP contribution in [0, 0.1) is 12.8 Å². The van der Waals surface area contributed by atoms with Crippen molar-refractivity contribution in [3.63, 3.8) is 0 Å². The second-order valence-corrected chi connectivity index (χ2v) is 4.67. The van der Waals surface area contributed by atoms with E-state index in [0.29, 0.717) is 5.92 Å². The van der Waals surface area contributed by atoms with Gasteiger partial charge in [0.15, 0.2) is 0 Å². The highest BCUT2D eigenvalue weighted by atomic mass is 35.5. The van der Waals surface area contributed by atoms with Gasteiger partial charge in [0.05, 0.1) is 23.9 Å². The van der Waals surface area contributed by atoms with Gasteiger partial charge in [-0.05, 0) is 19.3 Å². The average molecular weight is 244 g/mol. The lowest BCUT2D eigenvalue weighted by Gasteiger charge is -2.09. The highest BCUT2D eigenvalue weighted by molar-refractivity contribution is 6.31. The van der Waals surface area contributed by atoms with Crippen molar-refractivity contribution in [2.75, 3.05) is 26.3 Å². The zero-order chi connectivity index (χ0) is 11.4. The summed E-state index contributed by atoms with van der Waals surface area (Å²) < 4.78 is 7.20. The Kier molecular flexibility index (Phi) is 4.21. The lowest BCUT2D eigenvalue weighted by Crippen LogP contribution is -2.26. The number of nitrogens with one attached hydrogen (secondary N) is 1. The number of hydrogen-bond donors (Lipinski definition) is 1. The molecular weight excluding hydrogens is 226 g/mol. The number of aromatic nitrogens is 2. The van der Waals surface area contributed by atoms with Gasteiger partial charge >= 0.3 is 0 Å². The Balaban J connectivity index is 1.64. The third-order valence-electron chi connectivity index (χ3n) is 2.86. The Hall–Kier alpha value is -0.580. The molecule has 1 aromatic heterocycles. The fourth-order valence-electron chi connectivity index (χ4n) is 1.85. The monoisotopic (exact) mass is 243 g/mol. The van der Waals surface area contributed by atoms with E-state index in [0.717, 1.165) is 43.6 Å². The van der Waals surface area contributed by atoms with Crippen LogP contribution in [0.5, 0.6) is 0 Å². The van der Waals surface area contributed by atoms with Crippen LogP contribution in [0.4, 0.5) is 0 Å². The molecule has 1 saturated heterocycles. The number of nitrogens with zero attached hydrogens (tertiary/aromatic N) is 2. The molecule has 16 heavy (non-hydrogen) atoms. The number of hydrogen-bond acceptors (Lipinski definition) is 3. The third-order valence-corrected chi connectivity index (χ3v) is 3.23. The molecule has 0 radical (unpaired) electrons. The summed E-state index contributed by atoms with van der Waals surface area (Å²) in [6, 6.07) is 0. The van der Waals surface area contributed by atoms with E-state index in [1.54, 1.807) is 0 Å². The summed E-state index contributed by atoms with van der Waals surface area (Å²) in [6.45, 7) is 6.56. The van der Waals surface area contributed by atoms with Crippen LogP contribution in [-0.2, 0) is 11.3 Å². The van der Waals surface area contributed by atoms with Gasteiger partial charge in [-0.15, -0.1) is 0 Å². The highest BCUT2D eigenvalue weighted by Gasteiger charge is 2.14. The topological polar surface area (TPSA) is 39.1 Å². The van der Waals surface area contributed by atoms with Crippen molar-refractivity contribution in [3.8, 4) is 0 Å². The van der Waals surface area contributed by atoms with Gasteiger partial charge in [0.2, 0.25) is 0 Å². The summed E-state index contributed by atoms with van der Waals surface area (Å²) in [5.41, 5.74) is 0.894.